The monoisotopic (exact) mass is 278 g/mol. The predicted molar refractivity (Wildman–Crippen MR) is 79.4 cm³/mol. The molecule has 0 aliphatic heterocycles. The fraction of sp³-hybridized carbons (Fsp3) is 0.188. The molecule has 0 aliphatic rings. The number of pyridine rings is 1. The second kappa shape index (κ2) is 6.51. The minimum Gasteiger partial charge on any atom is -0.395 e. The van der Waals surface area contributed by atoms with Gasteiger partial charge in [0.15, 0.2) is 0 Å². The second-order valence-corrected chi connectivity index (χ2v) is 4.42. The molecule has 0 unspecified atom stereocenters. The van der Waals surface area contributed by atoms with Crippen LogP contribution in [0, 0.1) is 29.6 Å². The Morgan fingerprint density at radius 2 is 1.81 bits per heavy atom. The third kappa shape index (κ3) is 2.84. The Bertz CT molecular complexity index is 727. The first kappa shape index (κ1) is 14.5. The van der Waals surface area contributed by atoms with Gasteiger partial charge in [-0.2, -0.15) is 10.5 Å². The molecule has 0 spiro atoms. The van der Waals surface area contributed by atoms with Crippen molar-refractivity contribution in [1.29, 1.82) is 10.5 Å². The number of nitrogens with zero attached hydrogens (tertiary/aromatic N) is 3. The zero-order chi connectivity index (χ0) is 15.2. The summed E-state index contributed by atoms with van der Waals surface area (Å²) in [5, 5.41) is 30.4. The van der Waals surface area contributed by atoms with Crippen molar-refractivity contribution in [3.8, 4) is 23.4 Å². The van der Waals surface area contributed by atoms with Crippen LogP contribution in [0.4, 0.5) is 5.82 Å². The highest BCUT2D eigenvalue weighted by Gasteiger charge is 2.17. The molecule has 21 heavy (non-hydrogen) atoms. The number of aliphatic hydroxyl groups is 1. The Hall–Kier alpha value is -2.89. The van der Waals surface area contributed by atoms with Gasteiger partial charge in [-0.05, 0) is 12.5 Å². The van der Waals surface area contributed by atoms with E-state index in [0.29, 0.717) is 22.6 Å². The topological polar surface area (TPSA) is 92.7 Å². The van der Waals surface area contributed by atoms with Crippen LogP contribution in [-0.2, 0) is 0 Å². The molecule has 0 saturated heterocycles. The van der Waals surface area contributed by atoms with E-state index in [1.807, 2.05) is 36.4 Å². The van der Waals surface area contributed by atoms with Crippen molar-refractivity contribution in [2.24, 2.45) is 0 Å². The Kier molecular flexibility index (Phi) is 4.50. The first-order chi connectivity index (χ1) is 10.2. The predicted octanol–water partition coefficient (Wildman–Crippen LogP) is 2.20. The van der Waals surface area contributed by atoms with Gasteiger partial charge in [0.2, 0.25) is 0 Å². The molecule has 0 atom stereocenters. The number of nitrogens with one attached hydrogen (secondary N) is 1. The van der Waals surface area contributed by atoms with Crippen molar-refractivity contribution < 1.29 is 5.11 Å². The number of hydrogen-bond donors (Lipinski definition) is 2. The zero-order valence-corrected chi connectivity index (χ0v) is 11.6. The number of nitriles is 2. The molecule has 0 bridgehead atoms. The minimum atomic E-state index is -0.0804. The first-order valence-corrected chi connectivity index (χ1v) is 6.47. The largest absolute Gasteiger partial charge is 0.395 e. The summed E-state index contributed by atoms with van der Waals surface area (Å²) in [6.07, 6.45) is 0. The van der Waals surface area contributed by atoms with Gasteiger partial charge in [-0.15, -0.1) is 0 Å². The van der Waals surface area contributed by atoms with E-state index < -0.39 is 0 Å². The fourth-order valence-corrected chi connectivity index (χ4v) is 2.10. The fourth-order valence-electron chi connectivity index (χ4n) is 2.10. The summed E-state index contributed by atoms with van der Waals surface area (Å²) in [7, 11) is 0. The zero-order valence-electron chi connectivity index (χ0n) is 11.6. The van der Waals surface area contributed by atoms with E-state index in [1.54, 1.807) is 6.92 Å². The Balaban J connectivity index is 2.68. The highest BCUT2D eigenvalue weighted by Crippen LogP contribution is 2.29. The van der Waals surface area contributed by atoms with Gasteiger partial charge in [-0.1, -0.05) is 30.3 Å². The van der Waals surface area contributed by atoms with Gasteiger partial charge in [0.1, 0.15) is 23.5 Å². The molecule has 104 valence electrons. The Labute approximate surface area is 123 Å². The standard InChI is InChI=1S/C16H14N4O/c1-11-13(9-17)14(10-18)16(19-7-8-21)20-15(11)12-5-3-2-4-6-12/h2-6,21H,7-8H2,1H3,(H,19,20). The highest BCUT2D eigenvalue weighted by atomic mass is 16.3. The van der Waals surface area contributed by atoms with Gasteiger partial charge < -0.3 is 10.4 Å². The van der Waals surface area contributed by atoms with Crippen molar-refractivity contribution >= 4 is 5.82 Å². The molecular weight excluding hydrogens is 264 g/mol. The maximum absolute atomic E-state index is 9.35. The quantitative estimate of drug-likeness (QED) is 0.894. The number of aromatic nitrogens is 1. The van der Waals surface area contributed by atoms with E-state index >= 15 is 0 Å². The molecule has 0 radical (unpaired) electrons. The minimum absolute atomic E-state index is 0.0804. The lowest BCUT2D eigenvalue weighted by molar-refractivity contribution is 0.311. The van der Waals surface area contributed by atoms with Crippen LogP contribution in [0.5, 0.6) is 0 Å². The number of benzene rings is 1. The van der Waals surface area contributed by atoms with Gasteiger partial charge in [0, 0.05) is 12.1 Å². The van der Waals surface area contributed by atoms with Gasteiger partial charge in [0.05, 0.1) is 17.9 Å². The molecular formula is C16H14N4O. The van der Waals surface area contributed by atoms with E-state index in [1.165, 1.54) is 0 Å². The van der Waals surface area contributed by atoms with E-state index in [-0.39, 0.29) is 18.7 Å². The lowest BCUT2D eigenvalue weighted by Gasteiger charge is -2.13. The van der Waals surface area contributed by atoms with Crippen LogP contribution in [0.25, 0.3) is 11.3 Å². The molecule has 5 nitrogen and oxygen atoms in total. The second-order valence-electron chi connectivity index (χ2n) is 4.42. The smallest absolute Gasteiger partial charge is 0.146 e. The lowest BCUT2D eigenvalue weighted by Crippen LogP contribution is -2.11. The number of hydrogen-bond acceptors (Lipinski definition) is 5. The highest BCUT2D eigenvalue weighted by molar-refractivity contribution is 5.73. The van der Waals surface area contributed by atoms with Gasteiger partial charge >= 0.3 is 0 Å². The maximum Gasteiger partial charge on any atom is 0.146 e. The van der Waals surface area contributed by atoms with Crippen LogP contribution >= 0.6 is 0 Å². The van der Waals surface area contributed by atoms with Crippen molar-refractivity contribution in [2.75, 3.05) is 18.5 Å². The van der Waals surface area contributed by atoms with Crippen LogP contribution in [0.15, 0.2) is 30.3 Å². The normalized spacial score (nSPS) is 9.71. The summed E-state index contributed by atoms with van der Waals surface area (Å²) in [5.41, 5.74) is 2.74. The molecule has 1 aromatic carbocycles. The van der Waals surface area contributed by atoms with E-state index in [9.17, 15) is 10.5 Å². The third-order valence-electron chi connectivity index (χ3n) is 3.12. The molecule has 2 N–H and O–H groups in total. The summed E-state index contributed by atoms with van der Waals surface area (Å²) in [6.45, 7) is 1.97. The molecule has 1 heterocycles. The van der Waals surface area contributed by atoms with Gasteiger partial charge in [-0.3, -0.25) is 0 Å². The molecule has 5 heteroatoms. The van der Waals surface area contributed by atoms with Crippen molar-refractivity contribution in [1.82, 2.24) is 4.98 Å². The summed E-state index contributed by atoms with van der Waals surface area (Å²) < 4.78 is 0. The lowest BCUT2D eigenvalue weighted by atomic mass is 9.99. The van der Waals surface area contributed by atoms with Crippen molar-refractivity contribution in [3.63, 3.8) is 0 Å². The van der Waals surface area contributed by atoms with Crippen LogP contribution in [0.1, 0.15) is 16.7 Å². The van der Waals surface area contributed by atoms with E-state index in [4.69, 9.17) is 5.11 Å². The number of rotatable bonds is 4. The third-order valence-corrected chi connectivity index (χ3v) is 3.12. The molecule has 1 aromatic heterocycles. The SMILES string of the molecule is Cc1c(-c2ccccc2)nc(NCCO)c(C#N)c1C#N. The Morgan fingerprint density at radius 3 is 2.38 bits per heavy atom. The summed E-state index contributed by atoms with van der Waals surface area (Å²) >= 11 is 0. The first-order valence-electron chi connectivity index (χ1n) is 6.47. The summed E-state index contributed by atoms with van der Waals surface area (Å²) in [5.74, 6) is 0.326. The van der Waals surface area contributed by atoms with Gasteiger partial charge in [-0.25, -0.2) is 4.98 Å². The summed E-state index contributed by atoms with van der Waals surface area (Å²) in [4.78, 5) is 4.46. The van der Waals surface area contributed by atoms with Crippen molar-refractivity contribution in [3.05, 3.63) is 47.0 Å². The maximum atomic E-state index is 9.35. The summed E-state index contributed by atoms with van der Waals surface area (Å²) in [6, 6.07) is 13.6. The van der Waals surface area contributed by atoms with Crippen LogP contribution in [0.2, 0.25) is 0 Å². The van der Waals surface area contributed by atoms with Crippen molar-refractivity contribution in [2.45, 2.75) is 6.92 Å². The van der Waals surface area contributed by atoms with Crippen LogP contribution < -0.4 is 5.32 Å². The number of anilines is 1. The van der Waals surface area contributed by atoms with Gasteiger partial charge in [0.25, 0.3) is 0 Å². The average Bonchev–Trinajstić information content (AvgIpc) is 2.53. The molecule has 0 amide bonds. The van der Waals surface area contributed by atoms with Crippen LogP contribution in [-0.4, -0.2) is 23.2 Å². The Morgan fingerprint density at radius 1 is 1.14 bits per heavy atom. The van der Waals surface area contributed by atoms with E-state index in [0.717, 1.165) is 5.56 Å². The average molecular weight is 278 g/mol. The molecule has 0 saturated carbocycles. The van der Waals surface area contributed by atoms with E-state index in [2.05, 4.69) is 16.4 Å². The molecule has 0 aliphatic carbocycles. The molecule has 2 rings (SSSR count). The molecule has 2 aromatic rings. The molecule has 0 fully saturated rings. The number of aliphatic hydroxyl groups excluding tert-OH is 1. The van der Waals surface area contributed by atoms with Crippen LogP contribution in [0.3, 0.4) is 0 Å².